The topological polar surface area (TPSA) is 46.9 Å². The van der Waals surface area contributed by atoms with E-state index in [-0.39, 0.29) is 6.03 Å². The maximum Gasteiger partial charge on any atom is 0.378 e. The lowest BCUT2D eigenvalue weighted by Gasteiger charge is -1.97. The Morgan fingerprint density at radius 1 is 1.46 bits per heavy atom. The number of carbonyl (C=O) groups is 1. The van der Waals surface area contributed by atoms with E-state index in [1.54, 1.807) is 30.5 Å². The Kier molecular flexibility index (Phi) is 1.61. The van der Waals surface area contributed by atoms with Crippen LogP contribution in [0.4, 0.5) is 10.5 Å². The summed E-state index contributed by atoms with van der Waals surface area (Å²) in [6, 6.07) is 6.43. The van der Waals surface area contributed by atoms with Crippen LogP contribution in [0.25, 0.3) is 0 Å². The Balaban J connectivity index is 2.30. The van der Waals surface area contributed by atoms with Crippen molar-refractivity contribution in [2.75, 3.05) is 5.01 Å². The zero-order valence-corrected chi connectivity index (χ0v) is 7.19. The largest absolute Gasteiger partial charge is 0.378 e. The molecule has 4 nitrogen and oxygen atoms in total. The number of rotatable bonds is 1. The van der Waals surface area contributed by atoms with E-state index in [1.807, 2.05) is 0 Å². The zero-order chi connectivity index (χ0) is 9.42. The van der Waals surface area contributed by atoms with Crippen LogP contribution in [-0.2, 0) is 0 Å². The first-order valence-electron chi connectivity index (χ1n) is 3.53. The minimum atomic E-state index is -0.329. The number of carbonyl (C=O) groups excluding carboxylic acids is 1. The van der Waals surface area contributed by atoms with Crippen LogP contribution in [0, 0.1) is 11.5 Å². The smallest absolute Gasteiger partial charge is 0.243 e. The second kappa shape index (κ2) is 2.64. The van der Waals surface area contributed by atoms with E-state index in [0.717, 1.165) is 5.01 Å². The van der Waals surface area contributed by atoms with Crippen molar-refractivity contribution in [3.05, 3.63) is 29.3 Å². The number of amides is 2. The third-order valence-electron chi connectivity index (χ3n) is 1.67. The molecule has 1 fully saturated rings. The number of halogens is 1. The highest BCUT2D eigenvalue weighted by Crippen LogP contribution is 2.29. The number of nitrogens with zero attached hydrogens (tertiary/aromatic N) is 3. The second-order valence-electron chi connectivity index (χ2n) is 2.49. The van der Waals surface area contributed by atoms with Crippen LogP contribution in [0.2, 0.25) is 5.02 Å². The van der Waals surface area contributed by atoms with Gasteiger partial charge in [0, 0.05) is 5.02 Å². The Hall–Kier alpha value is -1.73. The lowest BCUT2D eigenvalue weighted by Crippen LogP contribution is -1.98. The predicted molar refractivity (Wildman–Crippen MR) is 46.8 cm³/mol. The van der Waals surface area contributed by atoms with Crippen LogP contribution in [-0.4, -0.2) is 11.0 Å². The molecule has 5 heteroatoms. The van der Waals surface area contributed by atoms with Crippen molar-refractivity contribution in [1.29, 1.82) is 5.26 Å². The van der Waals surface area contributed by atoms with Crippen molar-refractivity contribution in [2.24, 2.45) is 0 Å². The molecule has 0 unspecified atom stereocenters. The highest BCUT2D eigenvalue weighted by Gasteiger charge is 2.44. The molecule has 1 aromatic carbocycles. The molecule has 1 aromatic rings. The minimum Gasteiger partial charge on any atom is -0.243 e. The molecule has 13 heavy (non-hydrogen) atoms. The van der Waals surface area contributed by atoms with E-state index in [9.17, 15) is 4.79 Å². The van der Waals surface area contributed by atoms with Crippen molar-refractivity contribution in [1.82, 2.24) is 5.01 Å². The van der Waals surface area contributed by atoms with E-state index in [1.165, 1.54) is 5.01 Å². The van der Waals surface area contributed by atoms with Gasteiger partial charge in [-0.1, -0.05) is 17.7 Å². The fourth-order valence-electron chi connectivity index (χ4n) is 1.05. The second-order valence-corrected chi connectivity index (χ2v) is 2.92. The van der Waals surface area contributed by atoms with Crippen LogP contribution in [0.1, 0.15) is 0 Å². The maximum absolute atomic E-state index is 10.9. The summed E-state index contributed by atoms with van der Waals surface area (Å²) >= 11 is 5.72. The molecule has 0 aliphatic carbocycles. The molecule has 1 aliphatic rings. The highest BCUT2D eigenvalue weighted by molar-refractivity contribution is 6.31. The quantitative estimate of drug-likeness (QED) is 0.506. The Labute approximate surface area is 79.5 Å². The molecule has 1 saturated heterocycles. The molecular formula is C8H4ClN3O. The number of benzene rings is 1. The lowest BCUT2D eigenvalue weighted by molar-refractivity contribution is 0.262. The van der Waals surface area contributed by atoms with Crippen molar-refractivity contribution < 1.29 is 4.79 Å². The highest BCUT2D eigenvalue weighted by atomic mass is 35.5. The Morgan fingerprint density at radius 3 is 2.77 bits per heavy atom. The molecule has 0 atom stereocenters. The summed E-state index contributed by atoms with van der Waals surface area (Å²) in [5, 5.41) is 11.2. The fourth-order valence-corrected chi connectivity index (χ4v) is 1.24. The van der Waals surface area contributed by atoms with E-state index in [2.05, 4.69) is 0 Å². The predicted octanol–water partition coefficient (Wildman–Crippen LogP) is 1.98. The minimum absolute atomic E-state index is 0.329. The van der Waals surface area contributed by atoms with E-state index in [4.69, 9.17) is 16.9 Å². The third-order valence-corrected chi connectivity index (χ3v) is 1.91. The normalized spacial score (nSPS) is 14.3. The van der Waals surface area contributed by atoms with Gasteiger partial charge in [-0.15, -0.1) is 5.01 Å². The SMILES string of the molecule is N#CN1C(=O)N1c1cccc(Cl)c1. The number of nitriles is 1. The summed E-state index contributed by atoms with van der Waals surface area (Å²) in [4.78, 5) is 10.9. The summed E-state index contributed by atoms with van der Waals surface area (Å²) in [5.41, 5.74) is 0.610. The molecule has 1 aliphatic heterocycles. The van der Waals surface area contributed by atoms with E-state index in [0.29, 0.717) is 10.7 Å². The fraction of sp³-hybridized carbons (Fsp3) is 0. The van der Waals surface area contributed by atoms with Gasteiger partial charge < -0.3 is 0 Å². The molecule has 1 heterocycles. The van der Waals surface area contributed by atoms with Crippen LogP contribution in [0.3, 0.4) is 0 Å². The monoisotopic (exact) mass is 193 g/mol. The molecule has 0 radical (unpaired) electrons. The van der Waals surface area contributed by atoms with Gasteiger partial charge in [0.25, 0.3) is 0 Å². The summed E-state index contributed by atoms with van der Waals surface area (Å²) in [5.74, 6) is 0. The van der Waals surface area contributed by atoms with Crippen molar-refractivity contribution in [3.63, 3.8) is 0 Å². The summed E-state index contributed by atoms with van der Waals surface area (Å²) < 4.78 is 0. The summed E-state index contributed by atoms with van der Waals surface area (Å²) in [6.45, 7) is 0. The first-order chi connectivity index (χ1) is 6.24. The number of anilines is 1. The first-order valence-corrected chi connectivity index (χ1v) is 3.91. The first kappa shape index (κ1) is 7.90. The molecule has 0 N–H and O–H groups in total. The number of hydrogen-bond donors (Lipinski definition) is 0. The molecule has 0 bridgehead atoms. The molecule has 0 saturated carbocycles. The Morgan fingerprint density at radius 2 is 2.23 bits per heavy atom. The number of hydrazine groups is 1. The molecule has 2 rings (SSSR count). The van der Waals surface area contributed by atoms with Gasteiger partial charge in [-0.25, -0.2) is 4.79 Å². The van der Waals surface area contributed by atoms with Gasteiger partial charge >= 0.3 is 6.03 Å². The molecule has 0 spiro atoms. The van der Waals surface area contributed by atoms with Gasteiger partial charge in [0.15, 0.2) is 0 Å². The number of urea groups is 1. The average Bonchev–Trinajstić information content (AvgIpc) is 2.76. The number of hydrogen-bond acceptors (Lipinski definition) is 2. The van der Waals surface area contributed by atoms with E-state index < -0.39 is 0 Å². The van der Waals surface area contributed by atoms with Gasteiger partial charge in [-0.3, -0.25) is 0 Å². The molecular weight excluding hydrogens is 190 g/mol. The van der Waals surface area contributed by atoms with Gasteiger partial charge in [0.1, 0.15) is 0 Å². The van der Waals surface area contributed by atoms with E-state index >= 15 is 0 Å². The van der Waals surface area contributed by atoms with Crippen LogP contribution < -0.4 is 5.01 Å². The molecule has 2 amide bonds. The average molecular weight is 194 g/mol. The van der Waals surface area contributed by atoms with Crippen molar-refractivity contribution >= 4 is 23.3 Å². The summed E-state index contributed by atoms with van der Waals surface area (Å²) in [7, 11) is 0. The van der Waals surface area contributed by atoms with Crippen LogP contribution in [0.15, 0.2) is 24.3 Å². The van der Waals surface area contributed by atoms with Crippen molar-refractivity contribution in [3.8, 4) is 6.19 Å². The van der Waals surface area contributed by atoms with Crippen LogP contribution in [0.5, 0.6) is 0 Å². The van der Waals surface area contributed by atoms with Crippen molar-refractivity contribution in [2.45, 2.75) is 0 Å². The van der Waals surface area contributed by atoms with Gasteiger partial charge in [-0.2, -0.15) is 10.3 Å². The van der Waals surface area contributed by atoms with Gasteiger partial charge in [-0.05, 0) is 18.2 Å². The lowest BCUT2D eigenvalue weighted by atomic mass is 10.3. The Bertz CT molecular complexity index is 412. The van der Waals surface area contributed by atoms with Gasteiger partial charge in [0.05, 0.1) is 5.69 Å². The summed E-state index contributed by atoms with van der Waals surface area (Å²) in [6.07, 6.45) is 1.72. The zero-order valence-electron chi connectivity index (χ0n) is 6.44. The van der Waals surface area contributed by atoms with Gasteiger partial charge in [0.2, 0.25) is 6.19 Å². The molecule has 0 aromatic heterocycles. The maximum atomic E-state index is 10.9. The van der Waals surface area contributed by atoms with Crippen LogP contribution >= 0.6 is 11.6 Å². The standard InChI is InChI=1S/C8H4ClN3O/c9-6-2-1-3-7(4-6)12-8(13)11(12)5-10/h1-4H. The molecule has 64 valence electrons. The third kappa shape index (κ3) is 1.19.